The summed E-state index contributed by atoms with van der Waals surface area (Å²) in [6, 6.07) is 9.89. The number of benzene rings is 1. The molecule has 3 nitrogen and oxygen atoms in total. The first-order valence-corrected chi connectivity index (χ1v) is 6.61. The Labute approximate surface area is 112 Å². The molecule has 1 aromatic rings. The molecule has 1 aliphatic rings. The fourth-order valence-electron chi connectivity index (χ4n) is 2.32. The van der Waals surface area contributed by atoms with Crippen molar-refractivity contribution in [2.24, 2.45) is 4.99 Å². The monoisotopic (exact) mass is 264 g/mol. The summed E-state index contributed by atoms with van der Waals surface area (Å²) in [5.41, 5.74) is 2.00. The Hall–Kier alpha value is -1.35. The molecule has 0 N–H and O–H groups in total. The fraction of sp³-hybridized carbons (Fsp3) is 0.429. The Morgan fingerprint density at radius 1 is 1.33 bits per heavy atom. The van der Waals surface area contributed by atoms with Crippen molar-refractivity contribution < 1.29 is 4.79 Å². The van der Waals surface area contributed by atoms with Crippen LogP contribution in [-0.2, 0) is 0 Å². The van der Waals surface area contributed by atoms with Crippen molar-refractivity contribution >= 4 is 28.4 Å². The molecular weight excluding hydrogens is 248 g/mol. The van der Waals surface area contributed by atoms with E-state index in [1.54, 1.807) is 11.9 Å². The zero-order valence-electron chi connectivity index (χ0n) is 10.5. The highest BCUT2D eigenvalue weighted by atomic mass is 35.5. The molecule has 2 rings (SSSR count). The Kier molecular flexibility index (Phi) is 4.37. The quantitative estimate of drug-likeness (QED) is 0.587. The second-order valence-electron chi connectivity index (χ2n) is 4.56. The van der Waals surface area contributed by atoms with Crippen molar-refractivity contribution in [2.45, 2.75) is 31.7 Å². The molecular formula is C14H17ClN2O. The largest absolute Gasteiger partial charge is 0.324 e. The minimum atomic E-state index is -0.414. The molecule has 1 atom stereocenters. The van der Waals surface area contributed by atoms with Crippen molar-refractivity contribution in [3.05, 3.63) is 30.3 Å². The third-order valence-electron chi connectivity index (χ3n) is 3.32. The average Bonchev–Trinajstić information content (AvgIpc) is 2.39. The van der Waals surface area contributed by atoms with E-state index in [1.165, 1.54) is 0 Å². The lowest BCUT2D eigenvalue weighted by Crippen LogP contribution is -2.41. The van der Waals surface area contributed by atoms with Gasteiger partial charge < -0.3 is 4.90 Å². The summed E-state index contributed by atoms with van der Waals surface area (Å²) < 4.78 is 0. The standard InChI is InChI=1S/C14H17ClN2O/c1-17(14(15)18)13-10-6-5-9-12(13)16-11-7-3-2-4-8-11/h2-4,7-8,13H,5-6,9-10H2,1H3. The number of rotatable bonds is 2. The molecule has 96 valence electrons. The zero-order valence-corrected chi connectivity index (χ0v) is 11.2. The number of nitrogens with zero attached hydrogens (tertiary/aromatic N) is 2. The molecule has 0 aromatic heterocycles. The van der Waals surface area contributed by atoms with Gasteiger partial charge in [-0.05, 0) is 43.0 Å². The Balaban J connectivity index is 2.23. The first kappa shape index (κ1) is 13.1. The van der Waals surface area contributed by atoms with Crippen molar-refractivity contribution in [1.82, 2.24) is 4.90 Å². The lowest BCUT2D eigenvalue weighted by atomic mass is 9.92. The van der Waals surface area contributed by atoms with Gasteiger partial charge in [-0.15, -0.1) is 0 Å². The van der Waals surface area contributed by atoms with Crippen LogP contribution < -0.4 is 0 Å². The first-order chi connectivity index (χ1) is 8.68. The first-order valence-electron chi connectivity index (χ1n) is 6.23. The third kappa shape index (κ3) is 3.10. The molecule has 4 heteroatoms. The summed E-state index contributed by atoms with van der Waals surface area (Å²) in [5.74, 6) is 0. The van der Waals surface area contributed by atoms with Crippen molar-refractivity contribution in [3.8, 4) is 0 Å². The van der Waals surface area contributed by atoms with Gasteiger partial charge in [-0.1, -0.05) is 24.6 Å². The zero-order chi connectivity index (χ0) is 13.0. The lowest BCUT2D eigenvalue weighted by molar-refractivity contribution is 0.221. The van der Waals surface area contributed by atoms with Gasteiger partial charge >= 0.3 is 5.37 Å². The van der Waals surface area contributed by atoms with E-state index in [1.807, 2.05) is 30.3 Å². The number of halogens is 1. The van der Waals surface area contributed by atoms with Crippen LogP contribution in [0, 0.1) is 0 Å². The molecule has 18 heavy (non-hydrogen) atoms. The topological polar surface area (TPSA) is 32.7 Å². The SMILES string of the molecule is CN(C(=O)Cl)C1CCCCC1=Nc1ccccc1. The lowest BCUT2D eigenvalue weighted by Gasteiger charge is -2.31. The van der Waals surface area contributed by atoms with Crippen LogP contribution in [0.5, 0.6) is 0 Å². The number of carbonyl (C=O) groups is 1. The van der Waals surface area contributed by atoms with E-state index in [0.29, 0.717) is 0 Å². The van der Waals surface area contributed by atoms with Gasteiger partial charge in [-0.25, -0.2) is 0 Å². The molecule has 0 saturated heterocycles. The van der Waals surface area contributed by atoms with E-state index in [2.05, 4.69) is 4.99 Å². The molecule has 0 aliphatic heterocycles. The van der Waals surface area contributed by atoms with Crippen molar-refractivity contribution in [1.29, 1.82) is 0 Å². The predicted octanol–water partition coefficient (Wildman–Crippen LogP) is 3.99. The molecule has 1 fully saturated rings. The van der Waals surface area contributed by atoms with Crippen LogP contribution in [-0.4, -0.2) is 29.1 Å². The molecule has 1 aromatic carbocycles. The Morgan fingerprint density at radius 2 is 2.06 bits per heavy atom. The second-order valence-corrected chi connectivity index (χ2v) is 4.89. The minimum Gasteiger partial charge on any atom is -0.324 e. The van der Waals surface area contributed by atoms with E-state index >= 15 is 0 Å². The van der Waals surface area contributed by atoms with Gasteiger partial charge in [-0.2, -0.15) is 0 Å². The third-order valence-corrected chi connectivity index (χ3v) is 3.59. The smallest absolute Gasteiger partial charge is 0.316 e. The number of hydrogen-bond acceptors (Lipinski definition) is 2. The van der Waals surface area contributed by atoms with Gasteiger partial charge in [-0.3, -0.25) is 9.79 Å². The van der Waals surface area contributed by atoms with Gasteiger partial charge in [0.2, 0.25) is 0 Å². The summed E-state index contributed by atoms with van der Waals surface area (Å²) in [6.07, 6.45) is 4.13. The molecule has 1 saturated carbocycles. The Morgan fingerprint density at radius 3 is 2.72 bits per heavy atom. The number of amides is 1. The molecule has 1 unspecified atom stereocenters. The number of aliphatic imine (C=N–C) groups is 1. The molecule has 1 aliphatic carbocycles. The van der Waals surface area contributed by atoms with Crippen LogP contribution in [0.3, 0.4) is 0 Å². The van der Waals surface area contributed by atoms with Crippen LogP contribution in [0.15, 0.2) is 35.3 Å². The highest BCUT2D eigenvalue weighted by molar-refractivity contribution is 6.62. The van der Waals surface area contributed by atoms with Gasteiger partial charge in [0.05, 0.1) is 11.7 Å². The summed E-state index contributed by atoms with van der Waals surface area (Å²) in [5, 5.41) is -0.414. The maximum atomic E-state index is 11.3. The molecule has 0 heterocycles. The van der Waals surface area contributed by atoms with E-state index in [4.69, 9.17) is 11.6 Å². The predicted molar refractivity (Wildman–Crippen MR) is 74.8 cm³/mol. The van der Waals surface area contributed by atoms with Gasteiger partial charge in [0, 0.05) is 12.8 Å². The van der Waals surface area contributed by atoms with Gasteiger partial charge in [0.15, 0.2) is 0 Å². The van der Waals surface area contributed by atoms with Crippen molar-refractivity contribution in [2.75, 3.05) is 7.05 Å². The minimum absolute atomic E-state index is 0.0453. The summed E-state index contributed by atoms with van der Waals surface area (Å²) in [4.78, 5) is 17.5. The molecule has 0 radical (unpaired) electrons. The summed E-state index contributed by atoms with van der Waals surface area (Å²) in [6.45, 7) is 0. The maximum absolute atomic E-state index is 11.3. The molecule has 1 amide bonds. The highest BCUT2D eigenvalue weighted by Crippen LogP contribution is 2.24. The van der Waals surface area contributed by atoms with Crippen LogP contribution >= 0.6 is 11.6 Å². The van der Waals surface area contributed by atoms with E-state index in [0.717, 1.165) is 37.1 Å². The second kappa shape index (κ2) is 6.01. The van der Waals surface area contributed by atoms with Crippen LogP contribution in [0.2, 0.25) is 0 Å². The fourth-order valence-corrected chi connectivity index (χ4v) is 2.43. The maximum Gasteiger partial charge on any atom is 0.316 e. The van der Waals surface area contributed by atoms with Gasteiger partial charge in [0.25, 0.3) is 0 Å². The highest BCUT2D eigenvalue weighted by Gasteiger charge is 2.26. The van der Waals surface area contributed by atoms with E-state index < -0.39 is 5.37 Å². The number of carbonyl (C=O) groups excluding carboxylic acids is 1. The number of hydrogen-bond donors (Lipinski definition) is 0. The normalized spacial score (nSPS) is 21.9. The van der Waals surface area contributed by atoms with Gasteiger partial charge in [0.1, 0.15) is 0 Å². The summed E-state index contributed by atoms with van der Waals surface area (Å²) in [7, 11) is 1.74. The summed E-state index contributed by atoms with van der Waals surface area (Å²) >= 11 is 5.56. The van der Waals surface area contributed by atoms with Crippen LogP contribution in [0.25, 0.3) is 0 Å². The molecule has 0 spiro atoms. The Bertz CT molecular complexity index is 444. The van der Waals surface area contributed by atoms with E-state index in [-0.39, 0.29) is 6.04 Å². The van der Waals surface area contributed by atoms with Crippen LogP contribution in [0.1, 0.15) is 25.7 Å². The van der Waals surface area contributed by atoms with Crippen molar-refractivity contribution in [3.63, 3.8) is 0 Å². The number of para-hydroxylation sites is 1. The van der Waals surface area contributed by atoms with E-state index in [9.17, 15) is 4.79 Å². The molecule has 0 bridgehead atoms. The van der Waals surface area contributed by atoms with Crippen LogP contribution in [0.4, 0.5) is 10.5 Å². The average molecular weight is 265 g/mol.